The average Bonchev–Trinajstić information content (AvgIpc) is 2.98. The molecule has 2 N–H and O–H groups in total. The summed E-state index contributed by atoms with van der Waals surface area (Å²) >= 11 is 1.37. The van der Waals surface area contributed by atoms with Gasteiger partial charge in [-0.15, -0.1) is 10.2 Å². The third kappa shape index (κ3) is 5.45. The van der Waals surface area contributed by atoms with Crippen LogP contribution in [0.15, 0.2) is 24.3 Å². The van der Waals surface area contributed by atoms with E-state index in [9.17, 15) is 9.59 Å². The van der Waals surface area contributed by atoms with Crippen molar-refractivity contribution in [1.29, 1.82) is 0 Å². The summed E-state index contributed by atoms with van der Waals surface area (Å²) in [5, 5.41) is 14.6. The number of carbonyl (C=O) groups excluding carboxylic acids is 2. The second-order valence-corrected chi connectivity index (χ2v) is 6.26. The maximum Gasteiger partial charge on any atom is 0.251 e. The van der Waals surface area contributed by atoms with Crippen molar-refractivity contribution >= 4 is 28.3 Å². The predicted molar refractivity (Wildman–Crippen MR) is 90.7 cm³/mol. The highest BCUT2D eigenvalue weighted by atomic mass is 32.1. The Labute approximate surface area is 139 Å². The number of amides is 2. The number of hydrogen-bond donors (Lipinski definition) is 2. The van der Waals surface area contributed by atoms with Crippen LogP contribution in [0.25, 0.3) is 0 Å². The minimum absolute atomic E-state index is 0.101. The summed E-state index contributed by atoms with van der Waals surface area (Å²) in [4.78, 5) is 23.8. The largest absolute Gasteiger partial charge is 0.343 e. The van der Waals surface area contributed by atoms with Crippen LogP contribution in [0.3, 0.4) is 0 Å². The number of aromatic nitrogens is 2. The Balaban J connectivity index is 1.79. The zero-order valence-corrected chi connectivity index (χ0v) is 14.1. The Hall–Kier alpha value is -2.28. The lowest BCUT2D eigenvalue weighted by Gasteiger charge is -2.05. The molecule has 0 spiro atoms. The number of nitrogens with one attached hydrogen (secondary N) is 2. The standard InChI is InChI=1S/C16H20N4O2S/c1-3-4-5-14-19-20-16(23-14)18-13(21)10-17-15(22)12-8-6-11(2)7-9-12/h6-9H,3-5,10H2,1-2H3,(H,17,22)(H,18,20,21). The molecule has 0 saturated heterocycles. The van der Waals surface area contributed by atoms with Gasteiger partial charge in [0.1, 0.15) is 5.01 Å². The van der Waals surface area contributed by atoms with Gasteiger partial charge in [0, 0.05) is 12.0 Å². The smallest absolute Gasteiger partial charge is 0.251 e. The van der Waals surface area contributed by atoms with Gasteiger partial charge in [-0.2, -0.15) is 0 Å². The molecule has 0 saturated carbocycles. The molecule has 0 atom stereocenters. The summed E-state index contributed by atoms with van der Waals surface area (Å²) in [5.41, 5.74) is 1.61. The molecule has 2 rings (SSSR count). The van der Waals surface area contributed by atoms with Crippen molar-refractivity contribution in [3.8, 4) is 0 Å². The van der Waals surface area contributed by atoms with Gasteiger partial charge >= 0.3 is 0 Å². The van der Waals surface area contributed by atoms with E-state index in [0.717, 1.165) is 29.8 Å². The molecule has 1 aromatic carbocycles. The molecule has 0 aliphatic heterocycles. The molecule has 0 bridgehead atoms. The van der Waals surface area contributed by atoms with Crippen molar-refractivity contribution < 1.29 is 9.59 Å². The molecule has 7 heteroatoms. The molecule has 1 aromatic heterocycles. The first-order chi connectivity index (χ1) is 11.1. The van der Waals surface area contributed by atoms with Gasteiger partial charge in [-0.05, 0) is 25.5 Å². The van der Waals surface area contributed by atoms with Gasteiger partial charge in [0.15, 0.2) is 0 Å². The van der Waals surface area contributed by atoms with Crippen LogP contribution in [-0.2, 0) is 11.2 Å². The molecule has 0 unspecified atom stereocenters. The number of aryl methyl sites for hydroxylation is 2. The summed E-state index contributed by atoms with van der Waals surface area (Å²) < 4.78 is 0. The van der Waals surface area contributed by atoms with Gasteiger partial charge in [0.2, 0.25) is 11.0 Å². The minimum Gasteiger partial charge on any atom is -0.343 e. The van der Waals surface area contributed by atoms with Gasteiger partial charge in [0.25, 0.3) is 5.91 Å². The topological polar surface area (TPSA) is 84.0 Å². The first kappa shape index (κ1) is 17.1. The van der Waals surface area contributed by atoms with E-state index in [2.05, 4.69) is 27.8 Å². The van der Waals surface area contributed by atoms with Crippen LogP contribution in [0.5, 0.6) is 0 Å². The summed E-state index contributed by atoms with van der Waals surface area (Å²) in [6, 6.07) is 7.17. The van der Waals surface area contributed by atoms with Crippen molar-refractivity contribution in [1.82, 2.24) is 15.5 Å². The lowest BCUT2D eigenvalue weighted by atomic mass is 10.1. The Morgan fingerprint density at radius 1 is 1.17 bits per heavy atom. The van der Waals surface area contributed by atoms with Gasteiger partial charge in [-0.25, -0.2) is 0 Å². The third-order valence-electron chi connectivity index (χ3n) is 3.18. The molecule has 1 heterocycles. The van der Waals surface area contributed by atoms with E-state index in [1.54, 1.807) is 12.1 Å². The van der Waals surface area contributed by atoms with Gasteiger partial charge in [0.05, 0.1) is 6.54 Å². The van der Waals surface area contributed by atoms with E-state index in [1.165, 1.54) is 11.3 Å². The molecule has 122 valence electrons. The van der Waals surface area contributed by atoms with E-state index in [0.29, 0.717) is 10.7 Å². The van der Waals surface area contributed by atoms with Crippen molar-refractivity contribution in [3.63, 3.8) is 0 Å². The van der Waals surface area contributed by atoms with Crippen LogP contribution < -0.4 is 10.6 Å². The van der Waals surface area contributed by atoms with Crippen molar-refractivity contribution in [3.05, 3.63) is 40.4 Å². The van der Waals surface area contributed by atoms with Crippen LogP contribution in [-0.4, -0.2) is 28.6 Å². The van der Waals surface area contributed by atoms with Crippen molar-refractivity contribution in [2.45, 2.75) is 33.1 Å². The zero-order valence-electron chi connectivity index (χ0n) is 13.3. The SMILES string of the molecule is CCCCc1nnc(NC(=O)CNC(=O)c2ccc(C)cc2)s1. The fourth-order valence-electron chi connectivity index (χ4n) is 1.86. The van der Waals surface area contributed by atoms with Crippen LogP contribution in [0, 0.1) is 6.92 Å². The van der Waals surface area contributed by atoms with Crippen LogP contribution >= 0.6 is 11.3 Å². The van der Waals surface area contributed by atoms with Crippen molar-refractivity contribution in [2.75, 3.05) is 11.9 Å². The molecular weight excluding hydrogens is 312 g/mol. The van der Waals surface area contributed by atoms with E-state index < -0.39 is 0 Å². The van der Waals surface area contributed by atoms with Gasteiger partial charge < -0.3 is 5.32 Å². The predicted octanol–water partition coefficient (Wildman–Crippen LogP) is 2.56. The number of anilines is 1. The molecule has 0 aliphatic carbocycles. The molecule has 0 aliphatic rings. The third-order valence-corrected chi connectivity index (χ3v) is 4.08. The van der Waals surface area contributed by atoms with E-state index in [4.69, 9.17) is 0 Å². The lowest BCUT2D eigenvalue weighted by molar-refractivity contribution is -0.115. The zero-order chi connectivity index (χ0) is 16.7. The minimum atomic E-state index is -0.316. The number of nitrogens with zero attached hydrogens (tertiary/aromatic N) is 2. The van der Waals surface area contributed by atoms with Crippen molar-refractivity contribution in [2.24, 2.45) is 0 Å². The number of unbranched alkanes of at least 4 members (excludes halogenated alkanes) is 1. The van der Waals surface area contributed by atoms with Crippen LogP contribution in [0.2, 0.25) is 0 Å². The highest BCUT2D eigenvalue weighted by Crippen LogP contribution is 2.16. The Kier molecular flexibility index (Phi) is 6.22. The monoisotopic (exact) mass is 332 g/mol. The lowest BCUT2D eigenvalue weighted by Crippen LogP contribution is -2.32. The molecular formula is C16H20N4O2S. The normalized spacial score (nSPS) is 10.3. The molecule has 2 aromatic rings. The van der Waals surface area contributed by atoms with E-state index in [-0.39, 0.29) is 18.4 Å². The van der Waals surface area contributed by atoms with Gasteiger partial charge in [-0.1, -0.05) is 42.4 Å². The maximum atomic E-state index is 11.9. The maximum absolute atomic E-state index is 11.9. The number of benzene rings is 1. The summed E-state index contributed by atoms with van der Waals surface area (Å²) in [5.74, 6) is -0.593. The summed E-state index contributed by atoms with van der Waals surface area (Å²) in [7, 11) is 0. The average molecular weight is 332 g/mol. The number of rotatable bonds is 7. The van der Waals surface area contributed by atoms with E-state index >= 15 is 0 Å². The second kappa shape index (κ2) is 8.38. The van der Waals surface area contributed by atoms with Gasteiger partial charge in [-0.3, -0.25) is 14.9 Å². The Morgan fingerprint density at radius 3 is 2.61 bits per heavy atom. The first-order valence-electron chi connectivity index (χ1n) is 7.55. The summed E-state index contributed by atoms with van der Waals surface area (Å²) in [6.45, 7) is 3.96. The molecule has 2 amide bonds. The molecule has 6 nitrogen and oxygen atoms in total. The Morgan fingerprint density at radius 2 is 1.91 bits per heavy atom. The number of carbonyl (C=O) groups is 2. The molecule has 23 heavy (non-hydrogen) atoms. The second-order valence-electron chi connectivity index (χ2n) is 5.20. The first-order valence-corrected chi connectivity index (χ1v) is 8.37. The van der Waals surface area contributed by atoms with Crippen LogP contribution in [0.1, 0.15) is 40.7 Å². The Bertz CT molecular complexity index is 667. The quantitative estimate of drug-likeness (QED) is 0.816. The number of hydrogen-bond acceptors (Lipinski definition) is 5. The highest BCUT2D eigenvalue weighted by Gasteiger charge is 2.10. The van der Waals surface area contributed by atoms with Crippen LogP contribution in [0.4, 0.5) is 5.13 Å². The molecule has 0 radical (unpaired) electrons. The highest BCUT2D eigenvalue weighted by molar-refractivity contribution is 7.15. The summed E-state index contributed by atoms with van der Waals surface area (Å²) in [6.07, 6.45) is 3.01. The fraction of sp³-hybridized carbons (Fsp3) is 0.375. The fourth-order valence-corrected chi connectivity index (χ4v) is 2.66. The van der Waals surface area contributed by atoms with E-state index in [1.807, 2.05) is 19.1 Å². The molecule has 0 fully saturated rings.